The Balaban J connectivity index is 0.00000215. The van der Waals surface area contributed by atoms with Crippen molar-refractivity contribution in [3.63, 3.8) is 0 Å². The zero-order valence-electron chi connectivity index (χ0n) is 25.8. The molecule has 238 valence electrons. The number of rotatable bonds is 4. The maximum Gasteiger partial charge on any atom is 0.311 e. The highest BCUT2D eigenvalue weighted by Crippen LogP contribution is 2.41. The fourth-order valence-corrected chi connectivity index (χ4v) is 5.70. The van der Waals surface area contributed by atoms with Crippen LogP contribution in [0, 0.1) is 5.41 Å². The molecular weight excluding hydrogens is 532 g/mol. The van der Waals surface area contributed by atoms with Gasteiger partial charge in [-0.2, -0.15) is 0 Å². The molecule has 0 spiro atoms. The number of aromatic nitrogens is 4. The van der Waals surface area contributed by atoms with E-state index in [0.29, 0.717) is 0 Å². The topological polar surface area (TPSA) is 89.5 Å². The van der Waals surface area contributed by atoms with E-state index in [-0.39, 0.29) is 51.1 Å². The molecule has 0 aliphatic carbocycles. The molecule has 6 nitrogen and oxygen atoms in total. The number of ether oxygens (including phenoxy) is 1. The molecule has 0 amide bonds. The van der Waals surface area contributed by atoms with Gasteiger partial charge in [-0.1, -0.05) is 29.2 Å². The Morgan fingerprint density at radius 2 is 0.837 bits per heavy atom. The Kier molecular flexibility index (Phi) is 9.65. The number of H-pyrrole nitrogens is 4. The van der Waals surface area contributed by atoms with Crippen LogP contribution in [0.1, 0.15) is 143 Å². The van der Waals surface area contributed by atoms with E-state index in [1.165, 1.54) is 0 Å². The summed E-state index contributed by atoms with van der Waals surface area (Å²) in [7, 11) is 0. The van der Waals surface area contributed by atoms with Gasteiger partial charge in [0.2, 0.25) is 0 Å². The average Bonchev–Trinajstić information content (AvgIpc) is 3.71. The highest BCUT2D eigenvalue weighted by Gasteiger charge is 2.40. The number of fused-ring (bicyclic) bond motifs is 8. The van der Waals surface area contributed by atoms with Crippen LogP contribution in [0.25, 0.3) is 0 Å². The lowest BCUT2D eigenvalue weighted by Crippen LogP contribution is -2.36. The lowest BCUT2D eigenvalue weighted by atomic mass is 9.84. The van der Waals surface area contributed by atoms with E-state index in [1.807, 2.05) is 20.8 Å². The number of hydrogen-bond donors (Lipinski definition) is 4. The molecular formula is C37H58N4O2. The highest BCUT2D eigenvalue weighted by atomic mass is 16.5. The third-order valence-corrected chi connectivity index (χ3v) is 9.90. The SMILES string of the molecule is C.C.C.CCC(C)(C)C(=O)OCC1(C)c2ccc([nH]2)C(C)(C)c2ccc([nH]2)C(C)(C)c2ccc([nH]2)C(C)(C)c2ccc1[nH]2. The molecule has 5 heterocycles. The van der Waals surface area contributed by atoms with E-state index >= 15 is 0 Å². The van der Waals surface area contributed by atoms with Crippen molar-refractivity contribution in [2.75, 3.05) is 6.61 Å². The van der Waals surface area contributed by atoms with Crippen LogP contribution in [-0.2, 0) is 31.2 Å². The molecule has 8 bridgehead atoms. The summed E-state index contributed by atoms with van der Waals surface area (Å²) in [5, 5.41) is 0. The van der Waals surface area contributed by atoms with Gasteiger partial charge < -0.3 is 24.7 Å². The van der Waals surface area contributed by atoms with Crippen LogP contribution in [0.2, 0.25) is 0 Å². The van der Waals surface area contributed by atoms with Crippen LogP contribution in [0.5, 0.6) is 0 Å². The van der Waals surface area contributed by atoms with Gasteiger partial charge in [0.15, 0.2) is 0 Å². The van der Waals surface area contributed by atoms with Crippen molar-refractivity contribution < 1.29 is 9.53 Å². The van der Waals surface area contributed by atoms with Gasteiger partial charge in [-0.15, -0.1) is 0 Å². The summed E-state index contributed by atoms with van der Waals surface area (Å²) >= 11 is 0. The average molecular weight is 591 g/mol. The molecule has 4 N–H and O–H groups in total. The molecule has 1 aliphatic heterocycles. The van der Waals surface area contributed by atoms with Gasteiger partial charge in [-0.05, 0) is 117 Å². The smallest absolute Gasteiger partial charge is 0.311 e. The third-order valence-electron chi connectivity index (χ3n) is 9.90. The van der Waals surface area contributed by atoms with Crippen molar-refractivity contribution >= 4 is 5.97 Å². The molecule has 0 saturated heterocycles. The Bertz CT molecular complexity index is 1440. The summed E-state index contributed by atoms with van der Waals surface area (Å²) < 4.78 is 6.06. The minimum atomic E-state index is -0.608. The van der Waals surface area contributed by atoms with Crippen LogP contribution in [0.3, 0.4) is 0 Å². The molecule has 5 rings (SSSR count). The predicted octanol–water partition coefficient (Wildman–Crippen LogP) is 9.48. The normalized spacial score (nSPS) is 17.5. The van der Waals surface area contributed by atoms with Gasteiger partial charge in [0.05, 0.1) is 10.8 Å². The van der Waals surface area contributed by atoms with Gasteiger partial charge in [0.1, 0.15) is 6.61 Å². The van der Waals surface area contributed by atoms with Crippen molar-refractivity contribution in [2.24, 2.45) is 5.41 Å². The Morgan fingerprint density at radius 3 is 1.12 bits per heavy atom. The lowest BCUT2D eigenvalue weighted by Gasteiger charge is -2.31. The number of esters is 1. The first-order valence-electron chi connectivity index (χ1n) is 14.5. The first-order valence-corrected chi connectivity index (χ1v) is 14.5. The molecule has 0 radical (unpaired) electrons. The highest BCUT2D eigenvalue weighted by molar-refractivity contribution is 5.76. The summed E-state index contributed by atoms with van der Waals surface area (Å²) in [6.45, 7) is 21.7. The molecule has 1 aliphatic rings. The summed E-state index contributed by atoms with van der Waals surface area (Å²) in [6.07, 6.45) is 0.720. The number of hydrogen-bond acceptors (Lipinski definition) is 2. The largest absolute Gasteiger partial charge is 0.464 e. The van der Waals surface area contributed by atoms with E-state index in [4.69, 9.17) is 4.74 Å². The second kappa shape index (κ2) is 11.6. The molecule has 0 unspecified atom stereocenters. The van der Waals surface area contributed by atoms with Crippen molar-refractivity contribution in [2.45, 2.75) is 120 Å². The minimum Gasteiger partial charge on any atom is -0.464 e. The zero-order chi connectivity index (χ0) is 29.3. The number of nitrogens with one attached hydrogen (secondary N) is 4. The Labute approximate surface area is 260 Å². The van der Waals surface area contributed by atoms with Crippen molar-refractivity contribution in [3.8, 4) is 0 Å². The van der Waals surface area contributed by atoms with E-state index in [2.05, 4.69) is 117 Å². The second-order valence-electron chi connectivity index (χ2n) is 14.2. The van der Waals surface area contributed by atoms with Crippen LogP contribution in [0.15, 0.2) is 48.5 Å². The first kappa shape index (κ1) is 35.8. The van der Waals surface area contributed by atoms with Crippen LogP contribution in [-0.4, -0.2) is 32.5 Å². The lowest BCUT2D eigenvalue weighted by molar-refractivity contribution is -0.155. The molecule has 0 atom stereocenters. The molecule has 6 heteroatoms. The second-order valence-corrected chi connectivity index (χ2v) is 14.2. The quantitative estimate of drug-likeness (QED) is 0.178. The Hall–Kier alpha value is -3.41. The fraction of sp³-hybridized carbons (Fsp3) is 0.541. The van der Waals surface area contributed by atoms with Gasteiger partial charge in [0, 0.05) is 61.8 Å². The Morgan fingerprint density at radius 1 is 0.581 bits per heavy atom. The summed E-state index contributed by atoms with van der Waals surface area (Å²) in [5.74, 6) is -0.178. The third kappa shape index (κ3) is 5.65. The molecule has 4 aromatic rings. The van der Waals surface area contributed by atoms with E-state index in [0.717, 1.165) is 52.0 Å². The number of carbonyl (C=O) groups excluding carboxylic acids is 1. The van der Waals surface area contributed by atoms with Gasteiger partial charge in [-0.25, -0.2) is 0 Å². The summed E-state index contributed by atoms with van der Waals surface area (Å²) in [5.41, 5.74) is 6.86. The maximum atomic E-state index is 13.1. The monoisotopic (exact) mass is 590 g/mol. The summed E-state index contributed by atoms with van der Waals surface area (Å²) in [6, 6.07) is 17.4. The molecule has 43 heavy (non-hydrogen) atoms. The van der Waals surface area contributed by atoms with Crippen LogP contribution < -0.4 is 0 Å². The zero-order valence-corrected chi connectivity index (χ0v) is 25.8. The molecule has 0 aromatic carbocycles. The van der Waals surface area contributed by atoms with E-state index in [9.17, 15) is 4.79 Å². The van der Waals surface area contributed by atoms with Gasteiger partial charge in [-0.3, -0.25) is 4.79 Å². The number of carbonyl (C=O) groups is 1. The summed E-state index contributed by atoms with van der Waals surface area (Å²) in [4.78, 5) is 28.1. The van der Waals surface area contributed by atoms with Crippen molar-refractivity contribution in [1.29, 1.82) is 0 Å². The minimum absolute atomic E-state index is 0. The van der Waals surface area contributed by atoms with E-state index < -0.39 is 10.8 Å². The molecule has 4 aromatic heterocycles. The number of aromatic amines is 4. The van der Waals surface area contributed by atoms with Crippen molar-refractivity contribution in [3.05, 3.63) is 94.1 Å². The molecule has 0 fully saturated rings. The van der Waals surface area contributed by atoms with Crippen LogP contribution >= 0.6 is 0 Å². The predicted molar refractivity (Wildman–Crippen MR) is 181 cm³/mol. The van der Waals surface area contributed by atoms with E-state index in [1.54, 1.807) is 0 Å². The van der Waals surface area contributed by atoms with Crippen LogP contribution in [0.4, 0.5) is 0 Å². The maximum absolute atomic E-state index is 13.1. The fourth-order valence-electron chi connectivity index (χ4n) is 5.70. The van der Waals surface area contributed by atoms with Gasteiger partial charge in [0.25, 0.3) is 0 Å². The van der Waals surface area contributed by atoms with Gasteiger partial charge >= 0.3 is 5.97 Å². The molecule has 0 saturated carbocycles. The standard InChI is InChI=1S/C34H46N4O2.3CH4/c1-11-30(2,3)29(39)40-20-34(10)27-18-16-25(37-27)32(6,7)23-14-12-21(35-23)31(4,5)22-13-15-24(36-22)33(8,9)26-17-19-28(34)38-26;;;/h12-19,35-38H,11,20H2,1-10H3;3*1H4. The van der Waals surface area contributed by atoms with Crippen molar-refractivity contribution in [1.82, 2.24) is 19.9 Å². The first-order chi connectivity index (χ1) is 18.5.